The van der Waals surface area contributed by atoms with Crippen LogP contribution in [-0.2, 0) is 14.3 Å². The SMILES string of the molecule is CCCN1CCC(c2ccc(C(=O)N[C@H](C(=O)N3C[C@H](SC)[C@H]4OCC(=O)[C@H]43)C(C)(C)C)cc2)CC1. The largest absolute Gasteiger partial charge is 0.367 e. The van der Waals surface area contributed by atoms with E-state index >= 15 is 0 Å². The summed E-state index contributed by atoms with van der Waals surface area (Å²) in [5.74, 6) is -0.00626. The third kappa shape index (κ3) is 5.65. The number of carbonyl (C=O) groups is 3. The van der Waals surface area contributed by atoms with E-state index < -0.39 is 17.5 Å². The molecule has 1 aromatic rings. The number of amides is 2. The highest BCUT2D eigenvalue weighted by Crippen LogP contribution is 2.35. The zero-order valence-electron chi connectivity index (χ0n) is 22.3. The van der Waals surface area contributed by atoms with E-state index in [1.54, 1.807) is 16.7 Å². The predicted octanol–water partition coefficient (Wildman–Crippen LogP) is 3.33. The summed E-state index contributed by atoms with van der Waals surface area (Å²) in [5.41, 5.74) is 1.30. The number of ether oxygens (including phenoxy) is 1. The summed E-state index contributed by atoms with van der Waals surface area (Å²) in [4.78, 5) is 43.7. The maximum absolute atomic E-state index is 13.7. The van der Waals surface area contributed by atoms with Crippen molar-refractivity contribution in [2.75, 3.05) is 39.0 Å². The summed E-state index contributed by atoms with van der Waals surface area (Å²) in [6.45, 7) is 12.0. The van der Waals surface area contributed by atoms with Crippen molar-refractivity contribution in [1.29, 1.82) is 0 Å². The first-order valence-corrected chi connectivity index (χ1v) is 14.5. The van der Waals surface area contributed by atoms with Crippen LogP contribution in [0.4, 0.5) is 0 Å². The fourth-order valence-electron chi connectivity index (χ4n) is 5.79. The topological polar surface area (TPSA) is 79.0 Å². The average Bonchev–Trinajstić information content (AvgIpc) is 3.42. The van der Waals surface area contributed by atoms with E-state index in [1.165, 1.54) is 12.0 Å². The van der Waals surface area contributed by atoms with Crippen molar-refractivity contribution in [1.82, 2.24) is 15.1 Å². The van der Waals surface area contributed by atoms with Crippen LogP contribution in [0.2, 0.25) is 0 Å². The normalized spacial score (nSPS) is 26.2. The van der Waals surface area contributed by atoms with Crippen LogP contribution in [0.1, 0.15) is 68.8 Å². The van der Waals surface area contributed by atoms with E-state index in [-0.39, 0.29) is 35.6 Å². The quantitative estimate of drug-likeness (QED) is 0.600. The Morgan fingerprint density at radius 1 is 1.17 bits per heavy atom. The molecule has 7 nitrogen and oxygen atoms in total. The molecule has 0 aromatic heterocycles. The molecule has 198 valence electrons. The van der Waals surface area contributed by atoms with Crippen molar-refractivity contribution >= 4 is 29.4 Å². The number of thioether (sulfide) groups is 1. The lowest BCUT2D eigenvalue weighted by molar-refractivity contribution is -0.140. The zero-order chi connectivity index (χ0) is 26.0. The van der Waals surface area contributed by atoms with Crippen LogP contribution in [0.25, 0.3) is 0 Å². The highest BCUT2D eigenvalue weighted by molar-refractivity contribution is 7.99. The Morgan fingerprint density at radius 3 is 2.42 bits per heavy atom. The van der Waals surface area contributed by atoms with E-state index in [9.17, 15) is 14.4 Å². The first-order valence-electron chi connectivity index (χ1n) is 13.2. The molecular formula is C28H41N3O4S. The van der Waals surface area contributed by atoms with Crippen molar-refractivity contribution in [3.63, 3.8) is 0 Å². The molecule has 8 heteroatoms. The number of benzene rings is 1. The molecule has 4 atom stereocenters. The van der Waals surface area contributed by atoms with Crippen LogP contribution in [0.3, 0.4) is 0 Å². The standard InChI is InChI=1S/C28H41N3O4S/c1-6-13-30-14-11-19(12-15-30)18-7-9-20(10-8-18)26(33)29-25(28(2,3)4)27(34)31-16-22(36-5)24-23(31)21(32)17-35-24/h7-10,19,22-25H,6,11-17H2,1-5H3,(H,29,33)/t22-,23+,24+,25+/m0/s1. The second-order valence-corrected chi connectivity index (χ2v) is 12.5. The highest BCUT2D eigenvalue weighted by Gasteiger charge is 2.53. The van der Waals surface area contributed by atoms with Gasteiger partial charge in [-0.05, 0) is 74.2 Å². The molecule has 0 spiro atoms. The number of likely N-dealkylation sites (tertiary alicyclic amines) is 2. The lowest BCUT2D eigenvalue weighted by Crippen LogP contribution is -2.57. The summed E-state index contributed by atoms with van der Waals surface area (Å²) in [6, 6.07) is 6.56. The van der Waals surface area contributed by atoms with Gasteiger partial charge in [0, 0.05) is 12.1 Å². The Balaban J connectivity index is 1.44. The number of Topliss-reactive ketones (excluding diaryl/α,β-unsaturated/α-hetero) is 1. The van der Waals surface area contributed by atoms with E-state index in [2.05, 4.69) is 29.3 Å². The Bertz CT molecular complexity index is 953. The van der Waals surface area contributed by atoms with Crippen molar-refractivity contribution in [3.8, 4) is 0 Å². The van der Waals surface area contributed by atoms with E-state index in [0.29, 0.717) is 18.0 Å². The third-order valence-electron chi connectivity index (χ3n) is 7.88. The van der Waals surface area contributed by atoms with Gasteiger partial charge in [0.2, 0.25) is 5.91 Å². The molecule has 2 amide bonds. The number of piperidine rings is 1. The minimum atomic E-state index is -0.748. The monoisotopic (exact) mass is 515 g/mol. The first kappa shape index (κ1) is 27.1. The molecule has 3 saturated heterocycles. The Hall–Kier alpha value is -1.90. The van der Waals surface area contributed by atoms with Gasteiger partial charge in [-0.15, -0.1) is 0 Å². The number of carbonyl (C=O) groups excluding carboxylic acids is 3. The minimum Gasteiger partial charge on any atom is -0.367 e. The van der Waals surface area contributed by atoms with Crippen molar-refractivity contribution < 1.29 is 19.1 Å². The van der Waals surface area contributed by atoms with Gasteiger partial charge < -0.3 is 19.9 Å². The molecule has 1 N–H and O–H groups in total. The maximum atomic E-state index is 13.7. The number of hydrogen-bond acceptors (Lipinski definition) is 6. The van der Waals surface area contributed by atoms with Gasteiger partial charge in [0.15, 0.2) is 5.78 Å². The predicted molar refractivity (Wildman–Crippen MR) is 143 cm³/mol. The number of nitrogens with zero attached hydrogens (tertiary/aromatic N) is 2. The van der Waals surface area contributed by atoms with E-state index in [0.717, 1.165) is 32.5 Å². The number of rotatable bonds is 7. The molecule has 3 aliphatic rings. The first-order chi connectivity index (χ1) is 17.1. The van der Waals surface area contributed by atoms with Gasteiger partial charge >= 0.3 is 0 Å². The molecule has 36 heavy (non-hydrogen) atoms. The number of fused-ring (bicyclic) bond motifs is 1. The van der Waals surface area contributed by atoms with Gasteiger partial charge in [-0.2, -0.15) is 11.8 Å². The third-order valence-corrected chi connectivity index (χ3v) is 8.91. The Labute approximate surface area is 219 Å². The average molecular weight is 516 g/mol. The Kier molecular flexibility index (Phi) is 8.47. The summed E-state index contributed by atoms with van der Waals surface area (Å²) in [5, 5.41) is 3.06. The van der Waals surface area contributed by atoms with E-state index in [4.69, 9.17) is 4.74 Å². The van der Waals surface area contributed by atoms with Gasteiger partial charge in [0.05, 0.1) is 11.4 Å². The molecule has 1 aromatic carbocycles. The fraction of sp³-hybridized carbons (Fsp3) is 0.679. The van der Waals surface area contributed by atoms with Gasteiger partial charge in [0.1, 0.15) is 18.7 Å². The molecule has 0 bridgehead atoms. The minimum absolute atomic E-state index is 0.0483. The van der Waals surface area contributed by atoms with Crippen LogP contribution in [0, 0.1) is 5.41 Å². The lowest BCUT2D eigenvalue weighted by Gasteiger charge is -2.35. The van der Waals surface area contributed by atoms with Crippen LogP contribution < -0.4 is 5.32 Å². The van der Waals surface area contributed by atoms with Gasteiger partial charge in [0.25, 0.3) is 5.91 Å². The van der Waals surface area contributed by atoms with Crippen LogP contribution in [-0.4, -0.2) is 89.9 Å². The maximum Gasteiger partial charge on any atom is 0.251 e. The fourth-order valence-corrected chi connectivity index (χ4v) is 6.59. The molecular weight excluding hydrogens is 474 g/mol. The molecule has 0 unspecified atom stereocenters. The van der Waals surface area contributed by atoms with Crippen molar-refractivity contribution in [2.45, 2.75) is 76.3 Å². The molecule has 3 fully saturated rings. The molecule has 3 heterocycles. The zero-order valence-corrected chi connectivity index (χ0v) is 23.1. The second-order valence-electron chi connectivity index (χ2n) is 11.5. The second kappa shape index (κ2) is 11.2. The molecule has 0 saturated carbocycles. The van der Waals surface area contributed by atoms with Crippen molar-refractivity contribution in [3.05, 3.63) is 35.4 Å². The summed E-state index contributed by atoms with van der Waals surface area (Å²) in [6.07, 6.45) is 5.18. The molecule has 3 aliphatic heterocycles. The summed E-state index contributed by atoms with van der Waals surface area (Å²) >= 11 is 1.62. The van der Waals surface area contributed by atoms with Gasteiger partial charge in [-0.1, -0.05) is 39.8 Å². The Morgan fingerprint density at radius 2 is 1.83 bits per heavy atom. The summed E-state index contributed by atoms with van der Waals surface area (Å²) < 4.78 is 5.71. The van der Waals surface area contributed by atoms with E-state index in [1.807, 2.05) is 39.2 Å². The molecule has 0 radical (unpaired) electrons. The van der Waals surface area contributed by atoms with Crippen LogP contribution in [0.5, 0.6) is 0 Å². The summed E-state index contributed by atoms with van der Waals surface area (Å²) in [7, 11) is 0. The van der Waals surface area contributed by atoms with Gasteiger partial charge in [-0.25, -0.2) is 0 Å². The number of ketones is 1. The van der Waals surface area contributed by atoms with Crippen LogP contribution in [0.15, 0.2) is 24.3 Å². The molecule has 0 aliphatic carbocycles. The highest BCUT2D eigenvalue weighted by atomic mass is 32.2. The van der Waals surface area contributed by atoms with Gasteiger partial charge in [-0.3, -0.25) is 14.4 Å². The smallest absolute Gasteiger partial charge is 0.251 e. The number of nitrogens with one attached hydrogen (secondary N) is 1. The molecule has 4 rings (SSSR count). The van der Waals surface area contributed by atoms with Crippen LogP contribution >= 0.6 is 11.8 Å². The number of hydrogen-bond donors (Lipinski definition) is 1. The van der Waals surface area contributed by atoms with Crippen molar-refractivity contribution in [2.24, 2.45) is 5.41 Å². The lowest BCUT2D eigenvalue weighted by atomic mass is 9.85.